The first-order chi connectivity index (χ1) is 19.6. The van der Waals surface area contributed by atoms with Crippen LogP contribution in [0.15, 0.2) is 77.8 Å². The molecule has 0 bridgehead atoms. The Morgan fingerprint density at radius 1 is 0.951 bits per heavy atom. The quantitative estimate of drug-likeness (QED) is 0.212. The standard InChI is InChI=1S/C30H32N4O6S/c1-5-33(6-2)26(35)19-34(41(4,38)39)23-15-13-22(14-16-23)31-28(20-10-8-7-9-11-20)27-24-17-12-21(30(37)40-3)18-25(24)32-29(27)36/h7-18,32,36H,5-6,19H2,1-4H3. The Kier molecular flexibility index (Phi) is 8.77. The van der Waals surface area contributed by atoms with Crippen LogP contribution < -0.4 is 4.31 Å². The van der Waals surface area contributed by atoms with Crippen LogP contribution in [0.25, 0.3) is 10.9 Å². The molecular weight excluding hydrogens is 544 g/mol. The highest BCUT2D eigenvalue weighted by atomic mass is 32.2. The van der Waals surface area contributed by atoms with E-state index >= 15 is 0 Å². The smallest absolute Gasteiger partial charge is 0.337 e. The average molecular weight is 577 g/mol. The van der Waals surface area contributed by atoms with Gasteiger partial charge in [-0.1, -0.05) is 36.4 Å². The van der Waals surface area contributed by atoms with Crippen molar-refractivity contribution in [2.24, 2.45) is 4.99 Å². The maximum Gasteiger partial charge on any atom is 0.337 e. The maximum absolute atomic E-state index is 12.7. The van der Waals surface area contributed by atoms with Crippen molar-refractivity contribution in [3.05, 3.63) is 89.5 Å². The summed E-state index contributed by atoms with van der Waals surface area (Å²) in [6.45, 7) is 4.33. The second-order valence-electron chi connectivity index (χ2n) is 9.28. The summed E-state index contributed by atoms with van der Waals surface area (Å²) in [4.78, 5) is 34.0. The number of rotatable bonds is 10. The number of aliphatic imine (C=N–C) groups is 1. The Bertz CT molecular complexity index is 1690. The summed E-state index contributed by atoms with van der Waals surface area (Å²) in [5.41, 5.74) is 3.32. The number of hydrogen-bond donors (Lipinski definition) is 2. The van der Waals surface area contributed by atoms with Crippen LogP contribution in [0.2, 0.25) is 0 Å². The molecule has 4 aromatic rings. The van der Waals surface area contributed by atoms with Crippen LogP contribution in [0.5, 0.6) is 5.88 Å². The van der Waals surface area contributed by atoms with Gasteiger partial charge in [0.15, 0.2) is 5.88 Å². The molecule has 1 amide bonds. The number of aromatic hydroxyl groups is 1. The lowest BCUT2D eigenvalue weighted by Crippen LogP contribution is -2.42. The molecule has 214 valence electrons. The van der Waals surface area contributed by atoms with E-state index in [2.05, 4.69) is 4.98 Å². The second kappa shape index (κ2) is 12.3. The third kappa shape index (κ3) is 6.41. The van der Waals surface area contributed by atoms with Gasteiger partial charge in [-0.15, -0.1) is 0 Å². The summed E-state index contributed by atoms with van der Waals surface area (Å²) in [6, 6.07) is 20.7. The van der Waals surface area contributed by atoms with E-state index in [9.17, 15) is 23.1 Å². The number of carbonyl (C=O) groups is 2. The molecule has 0 aliphatic rings. The molecule has 2 N–H and O–H groups in total. The van der Waals surface area contributed by atoms with E-state index in [1.807, 2.05) is 44.2 Å². The number of anilines is 1. The first-order valence-corrected chi connectivity index (χ1v) is 14.8. The SMILES string of the molecule is CCN(CC)C(=O)CN(c1ccc(N=C(c2ccccc2)c2c(O)[nH]c3cc(C(=O)OC)ccc23)cc1)S(C)(=O)=O. The number of ether oxygens (including phenoxy) is 1. The van der Waals surface area contributed by atoms with Gasteiger partial charge in [-0.3, -0.25) is 9.10 Å². The minimum atomic E-state index is -3.74. The van der Waals surface area contributed by atoms with E-state index in [1.54, 1.807) is 47.4 Å². The van der Waals surface area contributed by atoms with Crippen molar-refractivity contribution in [1.29, 1.82) is 0 Å². The van der Waals surface area contributed by atoms with Crippen molar-refractivity contribution in [1.82, 2.24) is 9.88 Å². The molecular formula is C30H32N4O6S. The molecule has 0 atom stereocenters. The molecule has 0 fully saturated rings. The first-order valence-electron chi connectivity index (χ1n) is 13.0. The number of aromatic nitrogens is 1. The lowest BCUT2D eigenvalue weighted by atomic mass is 10.00. The van der Waals surface area contributed by atoms with E-state index in [-0.39, 0.29) is 18.3 Å². The average Bonchev–Trinajstić information content (AvgIpc) is 3.29. The van der Waals surface area contributed by atoms with Crippen LogP contribution in [-0.2, 0) is 19.6 Å². The minimum Gasteiger partial charge on any atom is -0.494 e. The number of hydrogen-bond acceptors (Lipinski definition) is 7. The van der Waals surface area contributed by atoms with Gasteiger partial charge in [0.05, 0.1) is 41.6 Å². The number of nitrogens with one attached hydrogen (secondary N) is 1. The van der Waals surface area contributed by atoms with E-state index < -0.39 is 16.0 Å². The molecule has 0 saturated carbocycles. The lowest BCUT2D eigenvalue weighted by molar-refractivity contribution is -0.129. The van der Waals surface area contributed by atoms with Crippen molar-refractivity contribution in [3.63, 3.8) is 0 Å². The van der Waals surface area contributed by atoms with Crippen molar-refractivity contribution in [2.75, 3.05) is 37.3 Å². The van der Waals surface area contributed by atoms with Crippen LogP contribution >= 0.6 is 0 Å². The minimum absolute atomic E-state index is 0.126. The molecule has 0 aliphatic heterocycles. The number of likely N-dealkylation sites (N-methyl/N-ethyl adjacent to an activating group) is 1. The summed E-state index contributed by atoms with van der Waals surface area (Å²) in [6.07, 6.45) is 1.06. The molecule has 0 aliphatic carbocycles. The van der Waals surface area contributed by atoms with Crippen LogP contribution in [-0.4, -0.2) is 74.0 Å². The molecule has 0 saturated heterocycles. The fourth-order valence-electron chi connectivity index (χ4n) is 4.55. The van der Waals surface area contributed by atoms with Gasteiger partial charge in [0.25, 0.3) is 0 Å². The highest BCUT2D eigenvalue weighted by molar-refractivity contribution is 7.92. The molecule has 0 spiro atoms. The van der Waals surface area contributed by atoms with Gasteiger partial charge in [-0.2, -0.15) is 0 Å². The number of benzene rings is 3. The molecule has 0 unspecified atom stereocenters. The number of fused-ring (bicyclic) bond motifs is 1. The number of sulfonamides is 1. The third-order valence-corrected chi connectivity index (χ3v) is 7.80. The van der Waals surface area contributed by atoms with Gasteiger partial charge < -0.3 is 19.7 Å². The van der Waals surface area contributed by atoms with Crippen molar-refractivity contribution >= 4 is 49.9 Å². The number of methoxy groups -OCH3 is 1. The summed E-state index contributed by atoms with van der Waals surface area (Å²) in [5, 5.41) is 11.6. The molecule has 4 rings (SSSR count). The number of aromatic amines is 1. The molecule has 3 aromatic carbocycles. The molecule has 10 nitrogen and oxygen atoms in total. The predicted molar refractivity (Wildman–Crippen MR) is 160 cm³/mol. The third-order valence-electron chi connectivity index (χ3n) is 6.66. The van der Waals surface area contributed by atoms with E-state index in [1.165, 1.54) is 7.11 Å². The highest BCUT2D eigenvalue weighted by Crippen LogP contribution is 2.33. The van der Waals surface area contributed by atoms with Crippen molar-refractivity contribution in [2.45, 2.75) is 13.8 Å². The Morgan fingerprint density at radius 3 is 2.20 bits per heavy atom. The summed E-state index contributed by atoms with van der Waals surface area (Å²) < 4.78 is 31.1. The van der Waals surface area contributed by atoms with E-state index in [0.717, 1.165) is 16.1 Å². The normalized spacial score (nSPS) is 11.9. The molecule has 11 heteroatoms. The van der Waals surface area contributed by atoms with E-state index in [0.29, 0.717) is 52.2 Å². The Balaban J connectivity index is 1.78. The molecule has 1 heterocycles. The number of amides is 1. The zero-order valence-corrected chi connectivity index (χ0v) is 24.1. The number of H-pyrrole nitrogens is 1. The second-order valence-corrected chi connectivity index (χ2v) is 11.2. The summed E-state index contributed by atoms with van der Waals surface area (Å²) in [5.74, 6) is -0.917. The zero-order chi connectivity index (χ0) is 29.7. The van der Waals surface area contributed by atoms with Crippen LogP contribution in [0, 0.1) is 0 Å². The number of esters is 1. The maximum atomic E-state index is 12.7. The Hall–Kier alpha value is -4.64. The number of nitrogens with zero attached hydrogens (tertiary/aromatic N) is 3. The van der Waals surface area contributed by atoms with Crippen LogP contribution in [0.1, 0.15) is 35.3 Å². The molecule has 0 radical (unpaired) electrons. The fraction of sp³-hybridized carbons (Fsp3) is 0.233. The van der Waals surface area contributed by atoms with Gasteiger partial charge in [0.1, 0.15) is 6.54 Å². The van der Waals surface area contributed by atoms with Crippen molar-refractivity contribution < 1.29 is 27.9 Å². The number of carbonyl (C=O) groups excluding carboxylic acids is 2. The first kappa shape index (κ1) is 29.3. The summed E-state index contributed by atoms with van der Waals surface area (Å²) >= 11 is 0. The highest BCUT2D eigenvalue weighted by Gasteiger charge is 2.24. The van der Waals surface area contributed by atoms with Crippen LogP contribution in [0.3, 0.4) is 0 Å². The molecule has 1 aromatic heterocycles. The topological polar surface area (TPSA) is 132 Å². The Labute approximate surface area is 238 Å². The Morgan fingerprint density at radius 2 is 1.61 bits per heavy atom. The largest absolute Gasteiger partial charge is 0.494 e. The van der Waals surface area contributed by atoms with E-state index in [4.69, 9.17) is 9.73 Å². The van der Waals surface area contributed by atoms with Crippen molar-refractivity contribution in [3.8, 4) is 5.88 Å². The van der Waals surface area contributed by atoms with Gasteiger partial charge in [-0.25, -0.2) is 18.2 Å². The van der Waals surface area contributed by atoms with Gasteiger partial charge in [0.2, 0.25) is 15.9 Å². The predicted octanol–water partition coefficient (Wildman–Crippen LogP) is 4.46. The summed E-state index contributed by atoms with van der Waals surface area (Å²) in [7, 11) is -2.44. The monoisotopic (exact) mass is 576 g/mol. The van der Waals surface area contributed by atoms with Gasteiger partial charge in [-0.05, 0) is 50.2 Å². The van der Waals surface area contributed by atoms with Gasteiger partial charge >= 0.3 is 5.97 Å². The fourth-order valence-corrected chi connectivity index (χ4v) is 5.40. The molecule has 41 heavy (non-hydrogen) atoms. The zero-order valence-electron chi connectivity index (χ0n) is 23.3. The van der Waals surface area contributed by atoms with Crippen LogP contribution in [0.4, 0.5) is 11.4 Å². The lowest BCUT2D eigenvalue weighted by Gasteiger charge is -2.26. The van der Waals surface area contributed by atoms with Gasteiger partial charge in [0, 0.05) is 29.6 Å².